The Morgan fingerprint density at radius 2 is 2.11 bits per heavy atom. The van der Waals surface area contributed by atoms with Crippen LogP contribution in [0.5, 0.6) is 0 Å². The molecule has 0 bridgehead atoms. The van der Waals surface area contributed by atoms with Crippen LogP contribution in [0.1, 0.15) is 35.8 Å². The molecule has 0 aliphatic carbocycles. The Kier molecular flexibility index (Phi) is 2.66. The molecule has 1 aliphatic rings. The van der Waals surface area contributed by atoms with Crippen LogP contribution in [0.2, 0.25) is 0 Å². The van der Waals surface area contributed by atoms with Gasteiger partial charge in [0.2, 0.25) is 0 Å². The standard InChI is InChI=1S/C15H17N3O/c1-10(2)18-7-6-16-14(18)11-4-5-13-12(8-11)9-17(3)15(13)19/h4-8,10H,9H2,1-3H3. The summed E-state index contributed by atoms with van der Waals surface area (Å²) < 4.78 is 2.14. The third-order valence-corrected chi connectivity index (χ3v) is 3.57. The van der Waals surface area contributed by atoms with E-state index in [1.807, 2.05) is 31.6 Å². The van der Waals surface area contributed by atoms with Crippen molar-refractivity contribution >= 4 is 5.91 Å². The lowest BCUT2D eigenvalue weighted by Crippen LogP contribution is -2.17. The fourth-order valence-corrected chi connectivity index (χ4v) is 2.56. The van der Waals surface area contributed by atoms with Crippen LogP contribution < -0.4 is 0 Å². The maximum Gasteiger partial charge on any atom is 0.254 e. The number of nitrogens with zero attached hydrogens (tertiary/aromatic N) is 3. The van der Waals surface area contributed by atoms with Crippen molar-refractivity contribution < 1.29 is 4.79 Å². The van der Waals surface area contributed by atoms with Gasteiger partial charge in [0, 0.05) is 43.2 Å². The normalized spacial score (nSPS) is 14.3. The molecule has 0 saturated carbocycles. The van der Waals surface area contributed by atoms with Crippen LogP contribution in [0.3, 0.4) is 0 Å². The molecule has 0 spiro atoms. The average molecular weight is 255 g/mol. The maximum atomic E-state index is 11.9. The van der Waals surface area contributed by atoms with Gasteiger partial charge in [0.05, 0.1) is 0 Å². The topological polar surface area (TPSA) is 38.1 Å². The third kappa shape index (κ3) is 1.84. The Morgan fingerprint density at radius 1 is 1.32 bits per heavy atom. The molecule has 0 unspecified atom stereocenters. The number of carbonyl (C=O) groups excluding carboxylic acids is 1. The molecule has 0 saturated heterocycles. The van der Waals surface area contributed by atoms with Crippen LogP contribution in [0.4, 0.5) is 0 Å². The first kappa shape index (κ1) is 12.0. The fraction of sp³-hybridized carbons (Fsp3) is 0.333. The summed E-state index contributed by atoms with van der Waals surface area (Å²) in [7, 11) is 1.83. The summed E-state index contributed by atoms with van der Waals surface area (Å²) in [5.41, 5.74) is 2.97. The van der Waals surface area contributed by atoms with Gasteiger partial charge in [-0.25, -0.2) is 4.98 Å². The molecule has 1 aromatic carbocycles. The predicted octanol–water partition coefficient (Wildman–Crippen LogP) is 2.72. The Bertz CT molecular complexity index is 643. The third-order valence-electron chi connectivity index (χ3n) is 3.57. The number of rotatable bonds is 2. The maximum absolute atomic E-state index is 11.9. The van der Waals surface area contributed by atoms with Crippen molar-refractivity contribution in [1.29, 1.82) is 0 Å². The zero-order valence-corrected chi connectivity index (χ0v) is 11.4. The molecule has 1 amide bonds. The van der Waals surface area contributed by atoms with E-state index < -0.39 is 0 Å². The Labute approximate surface area is 112 Å². The minimum absolute atomic E-state index is 0.105. The minimum atomic E-state index is 0.105. The molecule has 2 aromatic rings. The largest absolute Gasteiger partial charge is 0.337 e. The van der Waals surface area contributed by atoms with Crippen LogP contribution in [0.25, 0.3) is 11.4 Å². The Balaban J connectivity index is 2.07. The van der Waals surface area contributed by atoms with Gasteiger partial charge in [-0.1, -0.05) is 6.07 Å². The van der Waals surface area contributed by atoms with E-state index in [1.54, 1.807) is 4.90 Å². The highest BCUT2D eigenvalue weighted by atomic mass is 16.2. The minimum Gasteiger partial charge on any atom is -0.337 e. The molecule has 0 atom stereocenters. The summed E-state index contributed by atoms with van der Waals surface area (Å²) in [6.07, 6.45) is 3.81. The zero-order chi connectivity index (χ0) is 13.6. The number of imidazole rings is 1. The van der Waals surface area contributed by atoms with E-state index in [-0.39, 0.29) is 5.91 Å². The Morgan fingerprint density at radius 3 is 2.84 bits per heavy atom. The zero-order valence-electron chi connectivity index (χ0n) is 11.4. The number of amides is 1. The van der Waals surface area contributed by atoms with Gasteiger partial charge in [-0.2, -0.15) is 0 Å². The van der Waals surface area contributed by atoms with Crippen molar-refractivity contribution in [3.8, 4) is 11.4 Å². The Hall–Kier alpha value is -2.10. The van der Waals surface area contributed by atoms with E-state index >= 15 is 0 Å². The van der Waals surface area contributed by atoms with Crippen LogP contribution in [0, 0.1) is 0 Å². The molecule has 0 N–H and O–H groups in total. The molecule has 0 radical (unpaired) electrons. The fourth-order valence-electron chi connectivity index (χ4n) is 2.56. The smallest absolute Gasteiger partial charge is 0.254 e. The van der Waals surface area contributed by atoms with Gasteiger partial charge in [0.25, 0.3) is 5.91 Å². The van der Waals surface area contributed by atoms with Gasteiger partial charge in [0.15, 0.2) is 0 Å². The highest BCUT2D eigenvalue weighted by Crippen LogP contribution is 2.28. The summed E-state index contributed by atoms with van der Waals surface area (Å²) in [6.45, 7) is 4.95. The molecule has 4 nitrogen and oxygen atoms in total. The second-order valence-corrected chi connectivity index (χ2v) is 5.29. The van der Waals surface area contributed by atoms with Crippen molar-refractivity contribution in [2.24, 2.45) is 0 Å². The van der Waals surface area contributed by atoms with E-state index in [2.05, 4.69) is 29.5 Å². The van der Waals surface area contributed by atoms with Crippen molar-refractivity contribution in [2.45, 2.75) is 26.4 Å². The summed E-state index contributed by atoms with van der Waals surface area (Å²) >= 11 is 0. The van der Waals surface area contributed by atoms with Crippen molar-refractivity contribution in [1.82, 2.24) is 14.5 Å². The lowest BCUT2D eigenvalue weighted by molar-refractivity contribution is 0.0816. The first-order valence-corrected chi connectivity index (χ1v) is 6.49. The molecule has 19 heavy (non-hydrogen) atoms. The summed E-state index contributed by atoms with van der Waals surface area (Å²) in [6, 6.07) is 6.35. The van der Waals surface area contributed by atoms with Crippen LogP contribution in [0.15, 0.2) is 30.6 Å². The highest BCUT2D eigenvalue weighted by Gasteiger charge is 2.24. The number of carbonyl (C=O) groups is 1. The summed E-state index contributed by atoms with van der Waals surface area (Å²) in [4.78, 5) is 18.0. The van der Waals surface area contributed by atoms with Crippen molar-refractivity contribution in [3.63, 3.8) is 0 Å². The van der Waals surface area contributed by atoms with Gasteiger partial charge in [-0.15, -0.1) is 0 Å². The highest BCUT2D eigenvalue weighted by molar-refractivity contribution is 5.98. The molecule has 1 aliphatic heterocycles. The van der Waals surface area contributed by atoms with Gasteiger partial charge in [-0.3, -0.25) is 4.79 Å². The molecule has 3 rings (SSSR count). The number of aromatic nitrogens is 2. The first-order valence-electron chi connectivity index (χ1n) is 6.49. The number of benzene rings is 1. The first-order chi connectivity index (χ1) is 9.08. The van der Waals surface area contributed by atoms with Crippen molar-refractivity contribution in [2.75, 3.05) is 7.05 Å². The SMILES string of the molecule is CC(C)n1ccnc1-c1ccc2c(c1)CN(C)C2=O. The van der Waals surface area contributed by atoms with Gasteiger partial charge < -0.3 is 9.47 Å². The molecular weight excluding hydrogens is 238 g/mol. The van der Waals surface area contributed by atoms with E-state index in [0.29, 0.717) is 12.6 Å². The van der Waals surface area contributed by atoms with E-state index in [4.69, 9.17) is 0 Å². The second kappa shape index (κ2) is 4.23. The van der Waals surface area contributed by atoms with Gasteiger partial charge in [-0.05, 0) is 31.5 Å². The molecule has 0 fully saturated rings. The lowest BCUT2D eigenvalue weighted by Gasteiger charge is -2.11. The van der Waals surface area contributed by atoms with Crippen LogP contribution >= 0.6 is 0 Å². The van der Waals surface area contributed by atoms with E-state index in [1.165, 1.54) is 0 Å². The van der Waals surface area contributed by atoms with E-state index in [9.17, 15) is 4.79 Å². The number of hydrogen-bond donors (Lipinski definition) is 0. The van der Waals surface area contributed by atoms with E-state index in [0.717, 1.165) is 22.5 Å². The molecule has 2 heterocycles. The lowest BCUT2D eigenvalue weighted by atomic mass is 10.1. The van der Waals surface area contributed by atoms with Crippen molar-refractivity contribution in [3.05, 3.63) is 41.7 Å². The molecule has 1 aromatic heterocycles. The molecule has 98 valence electrons. The molecule has 4 heteroatoms. The summed E-state index contributed by atoms with van der Waals surface area (Å²) in [5, 5.41) is 0. The van der Waals surface area contributed by atoms with Crippen LogP contribution in [-0.2, 0) is 6.54 Å². The average Bonchev–Trinajstić information content (AvgIpc) is 2.95. The predicted molar refractivity (Wildman–Crippen MR) is 73.8 cm³/mol. The monoisotopic (exact) mass is 255 g/mol. The quantitative estimate of drug-likeness (QED) is 0.827. The van der Waals surface area contributed by atoms with Crippen LogP contribution in [-0.4, -0.2) is 27.4 Å². The number of hydrogen-bond acceptors (Lipinski definition) is 2. The van der Waals surface area contributed by atoms with Gasteiger partial charge >= 0.3 is 0 Å². The second-order valence-electron chi connectivity index (χ2n) is 5.29. The molecular formula is C15H17N3O. The summed E-state index contributed by atoms with van der Waals surface area (Å²) in [5.74, 6) is 1.06. The van der Waals surface area contributed by atoms with Gasteiger partial charge in [0.1, 0.15) is 5.82 Å². The number of fused-ring (bicyclic) bond motifs is 1.